The van der Waals surface area contributed by atoms with E-state index in [4.69, 9.17) is 0 Å². The van der Waals surface area contributed by atoms with Crippen LogP contribution in [0.1, 0.15) is 21.9 Å². The first kappa shape index (κ1) is 16.0. The summed E-state index contributed by atoms with van der Waals surface area (Å²) in [6.45, 7) is 3.24. The van der Waals surface area contributed by atoms with Gasteiger partial charge >= 0.3 is 5.97 Å². The van der Waals surface area contributed by atoms with Gasteiger partial charge in [0.2, 0.25) is 0 Å². The number of carbonyl (C=O) groups excluding carboxylic acids is 1. The van der Waals surface area contributed by atoms with E-state index in [-0.39, 0.29) is 16.3 Å². The summed E-state index contributed by atoms with van der Waals surface area (Å²) in [5.41, 5.74) is 0.976. The number of nitrogens with one attached hydrogen (secondary N) is 1. The summed E-state index contributed by atoms with van der Waals surface area (Å²) in [6, 6.07) is 0. The molecule has 0 aliphatic carbocycles. The smallest absolute Gasteiger partial charge is 0.358 e. The fraction of sp³-hybridized carbons (Fsp3) is 0.417. The van der Waals surface area contributed by atoms with Gasteiger partial charge in [-0.05, 0) is 13.8 Å². The van der Waals surface area contributed by atoms with Crippen LogP contribution in [0.2, 0.25) is 0 Å². The Kier molecular flexibility index (Phi) is 3.96. The van der Waals surface area contributed by atoms with E-state index in [0.717, 1.165) is 0 Å². The average Bonchev–Trinajstić information content (AvgIpc) is 2.90. The number of nitrogens with zero attached hydrogens (tertiary/aromatic N) is 4. The summed E-state index contributed by atoms with van der Waals surface area (Å²) in [5.74, 6) is -0.677. The van der Waals surface area contributed by atoms with Crippen LogP contribution in [0.3, 0.4) is 0 Å². The number of sulfonamides is 1. The largest absolute Gasteiger partial charge is 0.464 e. The van der Waals surface area contributed by atoms with Crippen molar-refractivity contribution in [1.29, 1.82) is 0 Å². The Balaban J connectivity index is 2.51. The molecule has 2 aromatic heterocycles. The van der Waals surface area contributed by atoms with Crippen LogP contribution in [0.15, 0.2) is 11.1 Å². The number of rotatable bonds is 4. The number of aromatic nitrogens is 4. The lowest BCUT2D eigenvalue weighted by Crippen LogP contribution is -2.18. The van der Waals surface area contributed by atoms with E-state index in [1.54, 1.807) is 20.9 Å². The standard InChI is InChI=1S/C12H17N5O4S/c1-7-10(11(12(18)21-5)17(4)14-7)15-22(19,20)9-6-13-16(3)8(9)2/h6,15H,1-5H3. The molecule has 0 aliphatic rings. The summed E-state index contributed by atoms with van der Waals surface area (Å²) >= 11 is 0. The molecule has 0 aromatic carbocycles. The number of anilines is 1. The molecule has 1 N–H and O–H groups in total. The van der Waals surface area contributed by atoms with E-state index >= 15 is 0 Å². The van der Waals surface area contributed by atoms with Gasteiger partial charge < -0.3 is 4.74 Å². The Morgan fingerprint density at radius 3 is 2.41 bits per heavy atom. The van der Waals surface area contributed by atoms with Crippen molar-refractivity contribution in [3.05, 3.63) is 23.3 Å². The number of hydrogen-bond acceptors (Lipinski definition) is 6. The van der Waals surface area contributed by atoms with Gasteiger partial charge in [-0.3, -0.25) is 14.1 Å². The Bertz CT molecular complexity index is 834. The van der Waals surface area contributed by atoms with Gasteiger partial charge in [0.25, 0.3) is 10.0 Å². The number of aryl methyl sites for hydroxylation is 3. The van der Waals surface area contributed by atoms with Crippen LogP contribution in [0.25, 0.3) is 0 Å². The Morgan fingerprint density at radius 2 is 1.91 bits per heavy atom. The lowest BCUT2D eigenvalue weighted by atomic mass is 10.3. The third-order valence-electron chi connectivity index (χ3n) is 3.32. The molecule has 9 nitrogen and oxygen atoms in total. The van der Waals surface area contributed by atoms with Crippen molar-refractivity contribution < 1.29 is 17.9 Å². The monoisotopic (exact) mass is 327 g/mol. The second kappa shape index (κ2) is 5.44. The number of ether oxygens (including phenoxy) is 1. The molecule has 0 aliphatic heterocycles. The lowest BCUT2D eigenvalue weighted by Gasteiger charge is -2.09. The van der Waals surface area contributed by atoms with E-state index in [1.165, 1.54) is 29.7 Å². The van der Waals surface area contributed by atoms with Crippen molar-refractivity contribution in [2.24, 2.45) is 14.1 Å². The third kappa shape index (κ3) is 2.56. The van der Waals surface area contributed by atoms with E-state index in [9.17, 15) is 13.2 Å². The summed E-state index contributed by atoms with van der Waals surface area (Å²) in [7, 11) is 0.502. The molecule has 0 spiro atoms. The Labute approximate surface area is 127 Å². The minimum atomic E-state index is -3.89. The van der Waals surface area contributed by atoms with Crippen molar-refractivity contribution in [2.45, 2.75) is 18.7 Å². The van der Waals surface area contributed by atoms with Crippen LogP contribution in [-0.2, 0) is 28.9 Å². The SMILES string of the molecule is COC(=O)c1c(NS(=O)(=O)c2cnn(C)c2C)c(C)nn1C. The minimum absolute atomic E-state index is 0.0325. The van der Waals surface area contributed by atoms with Gasteiger partial charge in [0.05, 0.1) is 24.7 Å². The van der Waals surface area contributed by atoms with Crippen molar-refractivity contribution in [3.63, 3.8) is 0 Å². The maximum Gasteiger partial charge on any atom is 0.358 e. The van der Waals surface area contributed by atoms with E-state index < -0.39 is 16.0 Å². The minimum Gasteiger partial charge on any atom is -0.464 e. The first-order valence-corrected chi connectivity index (χ1v) is 7.80. The van der Waals surface area contributed by atoms with Gasteiger partial charge in [-0.2, -0.15) is 10.2 Å². The topological polar surface area (TPSA) is 108 Å². The Hall–Kier alpha value is -2.36. The molecule has 22 heavy (non-hydrogen) atoms. The molecule has 10 heteroatoms. The normalized spacial score (nSPS) is 11.5. The van der Waals surface area contributed by atoms with Gasteiger partial charge in [0.1, 0.15) is 10.6 Å². The highest BCUT2D eigenvalue weighted by Gasteiger charge is 2.27. The molecule has 0 saturated heterocycles. The van der Waals surface area contributed by atoms with E-state index in [1.807, 2.05) is 0 Å². The quantitative estimate of drug-likeness (QED) is 0.812. The highest BCUT2D eigenvalue weighted by molar-refractivity contribution is 7.92. The van der Waals surface area contributed by atoms with Crippen LogP contribution >= 0.6 is 0 Å². The van der Waals surface area contributed by atoms with Gasteiger partial charge in [-0.15, -0.1) is 0 Å². The number of esters is 1. The molecule has 2 aromatic rings. The summed E-state index contributed by atoms with van der Waals surface area (Å²) < 4.78 is 34.8. The average molecular weight is 327 g/mol. The number of carbonyl (C=O) groups is 1. The van der Waals surface area contributed by atoms with Crippen LogP contribution in [-0.4, -0.2) is 41.1 Å². The molecular weight excluding hydrogens is 310 g/mol. The second-order valence-electron chi connectivity index (χ2n) is 4.75. The molecule has 0 bridgehead atoms. The van der Waals surface area contributed by atoms with Crippen LogP contribution < -0.4 is 4.72 Å². The molecule has 0 amide bonds. The van der Waals surface area contributed by atoms with Gasteiger partial charge in [0.15, 0.2) is 5.69 Å². The third-order valence-corrected chi connectivity index (χ3v) is 4.77. The van der Waals surface area contributed by atoms with Crippen molar-refractivity contribution in [3.8, 4) is 0 Å². The van der Waals surface area contributed by atoms with Crippen LogP contribution in [0.5, 0.6) is 0 Å². The maximum absolute atomic E-state index is 12.5. The first-order valence-electron chi connectivity index (χ1n) is 6.32. The van der Waals surface area contributed by atoms with Gasteiger partial charge in [0, 0.05) is 14.1 Å². The van der Waals surface area contributed by atoms with Crippen LogP contribution in [0.4, 0.5) is 5.69 Å². The molecule has 0 saturated carbocycles. The van der Waals surface area contributed by atoms with Crippen molar-refractivity contribution in [1.82, 2.24) is 19.6 Å². The maximum atomic E-state index is 12.5. The molecule has 2 heterocycles. The fourth-order valence-electron chi connectivity index (χ4n) is 2.04. The highest BCUT2D eigenvalue weighted by Crippen LogP contribution is 2.25. The molecule has 0 unspecified atom stereocenters. The summed E-state index contributed by atoms with van der Waals surface area (Å²) in [6.07, 6.45) is 1.25. The van der Waals surface area contributed by atoms with E-state index in [0.29, 0.717) is 11.4 Å². The molecule has 0 radical (unpaired) electrons. The van der Waals surface area contributed by atoms with Crippen molar-refractivity contribution >= 4 is 21.7 Å². The summed E-state index contributed by atoms with van der Waals surface area (Å²) in [5, 5.41) is 7.96. The number of hydrogen-bond donors (Lipinski definition) is 1. The molecule has 2 rings (SSSR count). The second-order valence-corrected chi connectivity index (χ2v) is 6.40. The Morgan fingerprint density at radius 1 is 1.27 bits per heavy atom. The highest BCUT2D eigenvalue weighted by atomic mass is 32.2. The summed E-state index contributed by atoms with van der Waals surface area (Å²) in [4.78, 5) is 11.9. The zero-order valence-electron chi connectivity index (χ0n) is 12.9. The molecular formula is C12H17N5O4S. The predicted octanol–water partition coefficient (Wildman–Crippen LogP) is 0.358. The fourth-order valence-corrected chi connectivity index (χ4v) is 3.37. The first-order chi connectivity index (χ1) is 10.2. The van der Waals surface area contributed by atoms with Gasteiger partial charge in [-0.1, -0.05) is 0 Å². The predicted molar refractivity (Wildman–Crippen MR) is 78.0 cm³/mol. The molecule has 120 valence electrons. The lowest BCUT2D eigenvalue weighted by molar-refractivity contribution is 0.0589. The zero-order chi connectivity index (χ0) is 16.7. The van der Waals surface area contributed by atoms with Crippen LogP contribution in [0, 0.1) is 13.8 Å². The van der Waals surface area contributed by atoms with E-state index in [2.05, 4.69) is 19.7 Å². The van der Waals surface area contributed by atoms with Gasteiger partial charge in [-0.25, -0.2) is 13.2 Å². The molecule has 0 fully saturated rings. The molecule has 0 atom stereocenters. The zero-order valence-corrected chi connectivity index (χ0v) is 13.7. The van der Waals surface area contributed by atoms with Crippen molar-refractivity contribution in [2.75, 3.05) is 11.8 Å². The number of methoxy groups -OCH3 is 1.